The Bertz CT molecular complexity index is 251. The largest absolute Gasteiger partial charge is 0.331 e. The summed E-state index contributed by atoms with van der Waals surface area (Å²) in [5.41, 5.74) is 5.52. The number of ketones is 1. The molecular weight excluding hydrogens is 180 g/mol. The van der Waals surface area contributed by atoms with Crippen molar-refractivity contribution < 1.29 is 9.59 Å². The molecule has 1 fully saturated rings. The van der Waals surface area contributed by atoms with Crippen LogP contribution in [0.3, 0.4) is 0 Å². The summed E-state index contributed by atoms with van der Waals surface area (Å²) in [6, 6.07) is -0.768. The Morgan fingerprint density at radius 2 is 2.07 bits per heavy atom. The maximum Gasteiger partial charge on any atom is 0.239 e. The van der Waals surface area contributed by atoms with Crippen molar-refractivity contribution in [2.24, 2.45) is 11.7 Å². The quantitative estimate of drug-likeness (QED) is 0.687. The Balaban J connectivity index is 2.79. The first-order chi connectivity index (χ1) is 6.45. The Morgan fingerprint density at radius 3 is 2.50 bits per heavy atom. The van der Waals surface area contributed by atoms with Crippen LogP contribution < -0.4 is 5.73 Å². The predicted molar refractivity (Wildman–Crippen MR) is 53.6 cm³/mol. The molecule has 1 saturated heterocycles. The van der Waals surface area contributed by atoms with Crippen LogP contribution >= 0.6 is 0 Å². The summed E-state index contributed by atoms with van der Waals surface area (Å²) >= 11 is 0. The SMILES string of the molecule is CC(=O)[C@@H]1[C@H](C)CCN1C(=O)[C@H](C)N. The summed E-state index contributed by atoms with van der Waals surface area (Å²) < 4.78 is 0. The number of amides is 1. The van der Waals surface area contributed by atoms with Gasteiger partial charge in [-0.2, -0.15) is 0 Å². The second-order valence-electron chi connectivity index (χ2n) is 4.14. The molecule has 1 aliphatic heterocycles. The number of carbonyl (C=O) groups is 2. The Kier molecular flexibility index (Phi) is 3.26. The van der Waals surface area contributed by atoms with Gasteiger partial charge in [-0.3, -0.25) is 9.59 Å². The normalized spacial score (nSPS) is 29.0. The first-order valence-electron chi connectivity index (χ1n) is 5.01. The zero-order chi connectivity index (χ0) is 10.9. The topological polar surface area (TPSA) is 63.4 Å². The molecule has 0 radical (unpaired) electrons. The molecular formula is C10H18N2O2. The predicted octanol–water partition coefficient (Wildman–Crippen LogP) is 0.160. The van der Waals surface area contributed by atoms with Gasteiger partial charge < -0.3 is 10.6 Å². The molecule has 0 saturated carbocycles. The smallest absolute Gasteiger partial charge is 0.239 e. The van der Waals surface area contributed by atoms with Crippen LogP contribution in [0.4, 0.5) is 0 Å². The van der Waals surface area contributed by atoms with E-state index in [9.17, 15) is 9.59 Å². The van der Waals surface area contributed by atoms with Gasteiger partial charge in [0.05, 0.1) is 12.1 Å². The molecule has 4 heteroatoms. The molecule has 3 atom stereocenters. The van der Waals surface area contributed by atoms with Gasteiger partial charge in [0.2, 0.25) is 5.91 Å². The number of carbonyl (C=O) groups excluding carboxylic acids is 2. The van der Waals surface area contributed by atoms with Gasteiger partial charge in [0.25, 0.3) is 0 Å². The van der Waals surface area contributed by atoms with E-state index in [1.165, 1.54) is 6.92 Å². The van der Waals surface area contributed by atoms with Crippen LogP contribution in [0.25, 0.3) is 0 Å². The lowest BCUT2D eigenvalue weighted by molar-refractivity contribution is -0.138. The third kappa shape index (κ3) is 1.95. The lowest BCUT2D eigenvalue weighted by atomic mass is 10.00. The lowest BCUT2D eigenvalue weighted by Gasteiger charge is -2.26. The molecule has 0 unspecified atom stereocenters. The minimum atomic E-state index is -0.512. The van der Waals surface area contributed by atoms with Crippen LogP contribution in [0.15, 0.2) is 0 Å². The molecule has 0 aromatic carbocycles. The Hall–Kier alpha value is -0.900. The molecule has 0 aliphatic carbocycles. The van der Waals surface area contributed by atoms with E-state index in [2.05, 4.69) is 0 Å². The van der Waals surface area contributed by atoms with E-state index in [1.807, 2.05) is 6.92 Å². The van der Waals surface area contributed by atoms with Gasteiger partial charge in [-0.1, -0.05) is 6.92 Å². The van der Waals surface area contributed by atoms with Crippen molar-refractivity contribution in [1.82, 2.24) is 4.90 Å². The van der Waals surface area contributed by atoms with E-state index >= 15 is 0 Å². The van der Waals surface area contributed by atoms with E-state index in [-0.39, 0.29) is 23.7 Å². The van der Waals surface area contributed by atoms with E-state index in [1.54, 1.807) is 11.8 Å². The minimum Gasteiger partial charge on any atom is -0.331 e. The second kappa shape index (κ2) is 4.09. The number of hydrogen-bond donors (Lipinski definition) is 1. The fourth-order valence-corrected chi connectivity index (χ4v) is 2.08. The molecule has 2 N–H and O–H groups in total. The summed E-state index contributed by atoms with van der Waals surface area (Å²) in [6.07, 6.45) is 0.892. The zero-order valence-corrected chi connectivity index (χ0v) is 8.99. The van der Waals surface area contributed by atoms with Crippen molar-refractivity contribution in [2.45, 2.75) is 39.3 Å². The molecule has 80 valence electrons. The maximum atomic E-state index is 11.7. The van der Waals surface area contributed by atoms with Crippen molar-refractivity contribution in [3.8, 4) is 0 Å². The van der Waals surface area contributed by atoms with Gasteiger partial charge in [-0.15, -0.1) is 0 Å². The minimum absolute atomic E-state index is 0.0593. The highest BCUT2D eigenvalue weighted by atomic mass is 16.2. The number of hydrogen-bond acceptors (Lipinski definition) is 3. The molecule has 1 amide bonds. The summed E-state index contributed by atoms with van der Waals surface area (Å²) in [5, 5.41) is 0. The number of Topliss-reactive ketones (excluding diaryl/α,β-unsaturated/α-hetero) is 1. The van der Waals surface area contributed by atoms with Gasteiger partial charge in [0.1, 0.15) is 0 Å². The van der Waals surface area contributed by atoms with Crippen molar-refractivity contribution in [2.75, 3.05) is 6.54 Å². The van der Waals surface area contributed by atoms with Gasteiger partial charge >= 0.3 is 0 Å². The van der Waals surface area contributed by atoms with Crippen LogP contribution in [-0.4, -0.2) is 35.2 Å². The van der Waals surface area contributed by atoms with Crippen molar-refractivity contribution in [3.63, 3.8) is 0 Å². The highest BCUT2D eigenvalue weighted by molar-refractivity contribution is 5.90. The van der Waals surface area contributed by atoms with Crippen LogP contribution in [0.1, 0.15) is 27.2 Å². The van der Waals surface area contributed by atoms with E-state index in [0.717, 1.165) is 6.42 Å². The summed E-state index contributed by atoms with van der Waals surface area (Å²) in [7, 11) is 0. The van der Waals surface area contributed by atoms with Gasteiger partial charge in [0, 0.05) is 6.54 Å². The van der Waals surface area contributed by atoms with Gasteiger partial charge in [-0.25, -0.2) is 0 Å². The molecule has 0 aromatic rings. The van der Waals surface area contributed by atoms with E-state index in [4.69, 9.17) is 5.73 Å². The van der Waals surface area contributed by atoms with Gasteiger partial charge in [-0.05, 0) is 26.2 Å². The summed E-state index contributed by atoms with van der Waals surface area (Å²) in [4.78, 5) is 24.6. The van der Waals surface area contributed by atoms with Crippen molar-refractivity contribution in [3.05, 3.63) is 0 Å². The van der Waals surface area contributed by atoms with Crippen molar-refractivity contribution >= 4 is 11.7 Å². The fraction of sp³-hybridized carbons (Fsp3) is 0.800. The molecule has 0 bridgehead atoms. The van der Waals surface area contributed by atoms with E-state index in [0.29, 0.717) is 6.54 Å². The molecule has 1 heterocycles. The Labute approximate surface area is 84.4 Å². The first-order valence-corrected chi connectivity index (χ1v) is 5.01. The zero-order valence-electron chi connectivity index (χ0n) is 8.99. The number of nitrogens with two attached hydrogens (primary N) is 1. The van der Waals surface area contributed by atoms with Crippen LogP contribution in [0.5, 0.6) is 0 Å². The molecule has 4 nitrogen and oxygen atoms in total. The monoisotopic (exact) mass is 198 g/mol. The summed E-state index contributed by atoms with van der Waals surface area (Å²) in [5.74, 6) is 0.203. The first kappa shape index (κ1) is 11.2. The van der Waals surface area contributed by atoms with Crippen LogP contribution in [0, 0.1) is 5.92 Å². The summed E-state index contributed by atoms with van der Waals surface area (Å²) in [6.45, 7) is 5.85. The van der Waals surface area contributed by atoms with Crippen LogP contribution in [-0.2, 0) is 9.59 Å². The van der Waals surface area contributed by atoms with Gasteiger partial charge in [0.15, 0.2) is 5.78 Å². The molecule has 0 spiro atoms. The second-order valence-corrected chi connectivity index (χ2v) is 4.14. The molecule has 1 rings (SSSR count). The molecule has 0 aromatic heterocycles. The third-order valence-corrected chi connectivity index (χ3v) is 2.79. The average Bonchev–Trinajstić information content (AvgIpc) is 2.45. The third-order valence-electron chi connectivity index (χ3n) is 2.79. The maximum absolute atomic E-state index is 11.7. The van der Waals surface area contributed by atoms with Crippen molar-refractivity contribution in [1.29, 1.82) is 0 Å². The molecule has 14 heavy (non-hydrogen) atoms. The average molecular weight is 198 g/mol. The fourth-order valence-electron chi connectivity index (χ4n) is 2.08. The molecule has 1 aliphatic rings. The highest BCUT2D eigenvalue weighted by Crippen LogP contribution is 2.24. The lowest BCUT2D eigenvalue weighted by Crippen LogP contribution is -2.48. The van der Waals surface area contributed by atoms with Crippen LogP contribution in [0.2, 0.25) is 0 Å². The Morgan fingerprint density at radius 1 is 1.50 bits per heavy atom. The number of rotatable bonds is 2. The standard InChI is InChI=1S/C10H18N2O2/c1-6-4-5-12(9(6)8(3)13)10(14)7(2)11/h6-7,9H,4-5,11H2,1-3H3/t6-,7+,9+/m1/s1. The highest BCUT2D eigenvalue weighted by Gasteiger charge is 2.37. The number of likely N-dealkylation sites (tertiary alicyclic amines) is 1. The van der Waals surface area contributed by atoms with E-state index < -0.39 is 6.04 Å². The number of nitrogens with zero attached hydrogens (tertiary/aromatic N) is 1.